The quantitative estimate of drug-likeness (QED) is 0.696. The van der Waals surface area contributed by atoms with Crippen LogP contribution in [0.15, 0.2) is 24.3 Å². The molecule has 3 N–H and O–H groups in total. The number of nitrogen functional groups attached to an aromatic ring is 1. The van der Waals surface area contributed by atoms with Crippen molar-refractivity contribution in [2.45, 2.75) is 19.3 Å². The number of carbonyl (C=O) groups is 1. The van der Waals surface area contributed by atoms with E-state index in [-0.39, 0.29) is 0 Å². The van der Waals surface area contributed by atoms with Crippen molar-refractivity contribution in [2.75, 3.05) is 5.73 Å². The van der Waals surface area contributed by atoms with Gasteiger partial charge in [0.05, 0.1) is 5.92 Å². The van der Waals surface area contributed by atoms with Crippen molar-refractivity contribution < 1.29 is 9.90 Å². The van der Waals surface area contributed by atoms with Crippen LogP contribution in [0.3, 0.4) is 0 Å². The second kappa shape index (κ2) is 3.94. The number of carboxylic acids is 1. The largest absolute Gasteiger partial charge is 0.481 e. The van der Waals surface area contributed by atoms with Crippen LogP contribution in [0, 0.1) is 0 Å². The van der Waals surface area contributed by atoms with Gasteiger partial charge >= 0.3 is 5.97 Å². The summed E-state index contributed by atoms with van der Waals surface area (Å²) in [6, 6.07) is 7.09. The SMILES string of the molecule is CCC(C(=O)O)c1ccccc1N. The molecule has 0 aliphatic heterocycles. The summed E-state index contributed by atoms with van der Waals surface area (Å²) in [5.41, 5.74) is 6.93. The van der Waals surface area contributed by atoms with Gasteiger partial charge in [-0.25, -0.2) is 0 Å². The van der Waals surface area contributed by atoms with Gasteiger partial charge in [-0.15, -0.1) is 0 Å². The van der Waals surface area contributed by atoms with Gasteiger partial charge in [0, 0.05) is 5.69 Å². The number of nitrogens with two attached hydrogens (primary N) is 1. The van der Waals surface area contributed by atoms with Crippen LogP contribution >= 0.6 is 0 Å². The van der Waals surface area contributed by atoms with E-state index in [1.807, 2.05) is 6.92 Å². The van der Waals surface area contributed by atoms with Crippen LogP contribution in [0.25, 0.3) is 0 Å². The van der Waals surface area contributed by atoms with E-state index in [4.69, 9.17) is 10.8 Å². The lowest BCUT2D eigenvalue weighted by Gasteiger charge is -2.11. The summed E-state index contributed by atoms with van der Waals surface area (Å²) >= 11 is 0. The summed E-state index contributed by atoms with van der Waals surface area (Å²) in [6.07, 6.45) is 0.559. The average molecular weight is 179 g/mol. The summed E-state index contributed by atoms with van der Waals surface area (Å²) in [6.45, 7) is 1.84. The van der Waals surface area contributed by atoms with Gasteiger partial charge in [0.15, 0.2) is 0 Å². The van der Waals surface area contributed by atoms with Crippen molar-refractivity contribution in [1.29, 1.82) is 0 Å². The lowest BCUT2D eigenvalue weighted by Crippen LogP contribution is -2.12. The zero-order valence-electron chi connectivity index (χ0n) is 7.53. The second-order valence-electron chi connectivity index (χ2n) is 2.93. The Morgan fingerprint density at radius 1 is 1.54 bits per heavy atom. The number of aliphatic carboxylic acids is 1. The van der Waals surface area contributed by atoms with E-state index in [2.05, 4.69) is 0 Å². The van der Waals surface area contributed by atoms with Crippen molar-refractivity contribution in [1.82, 2.24) is 0 Å². The molecule has 0 radical (unpaired) electrons. The van der Waals surface area contributed by atoms with E-state index in [9.17, 15) is 4.79 Å². The van der Waals surface area contributed by atoms with Crippen molar-refractivity contribution in [2.24, 2.45) is 0 Å². The summed E-state index contributed by atoms with van der Waals surface area (Å²) in [5, 5.41) is 8.90. The standard InChI is InChI=1S/C10H13NO2/c1-2-7(10(12)13)8-5-3-4-6-9(8)11/h3-7H,2,11H2,1H3,(H,12,13). The fourth-order valence-electron chi connectivity index (χ4n) is 1.36. The molecule has 0 saturated carbocycles. The Morgan fingerprint density at radius 2 is 2.15 bits per heavy atom. The van der Waals surface area contributed by atoms with Crippen LogP contribution in [0.2, 0.25) is 0 Å². The minimum absolute atomic E-state index is 0.485. The summed E-state index contributed by atoms with van der Waals surface area (Å²) < 4.78 is 0. The van der Waals surface area contributed by atoms with Gasteiger partial charge in [0.25, 0.3) is 0 Å². The first-order valence-corrected chi connectivity index (χ1v) is 4.24. The Balaban J connectivity index is 3.04. The number of hydrogen-bond donors (Lipinski definition) is 2. The van der Waals surface area contributed by atoms with Gasteiger partial charge in [-0.05, 0) is 18.1 Å². The van der Waals surface area contributed by atoms with Crippen LogP contribution in [0.5, 0.6) is 0 Å². The number of hydrogen-bond acceptors (Lipinski definition) is 2. The first-order valence-electron chi connectivity index (χ1n) is 4.24. The Labute approximate surface area is 77.2 Å². The number of para-hydroxylation sites is 1. The molecule has 1 rings (SSSR count). The van der Waals surface area contributed by atoms with Crippen molar-refractivity contribution in [3.05, 3.63) is 29.8 Å². The smallest absolute Gasteiger partial charge is 0.311 e. The number of rotatable bonds is 3. The molecule has 0 fully saturated rings. The third-order valence-corrected chi connectivity index (χ3v) is 2.08. The molecule has 1 unspecified atom stereocenters. The van der Waals surface area contributed by atoms with Crippen molar-refractivity contribution in [3.63, 3.8) is 0 Å². The zero-order chi connectivity index (χ0) is 9.84. The van der Waals surface area contributed by atoms with Gasteiger partial charge in [-0.2, -0.15) is 0 Å². The second-order valence-corrected chi connectivity index (χ2v) is 2.93. The predicted octanol–water partition coefficient (Wildman–Crippen LogP) is 1.85. The molecule has 13 heavy (non-hydrogen) atoms. The predicted molar refractivity (Wildman–Crippen MR) is 51.5 cm³/mol. The van der Waals surface area contributed by atoms with Gasteiger partial charge < -0.3 is 10.8 Å². The third kappa shape index (κ3) is 1.99. The molecule has 0 aromatic heterocycles. The normalized spacial score (nSPS) is 12.4. The fraction of sp³-hybridized carbons (Fsp3) is 0.300. The lowest BCUT2D eigenvalue weighted by molar-refractivity contribution is -0.138. The topological polar surface area (TPSA) is 63.3 Å². The molecule has 70 valence electrons. The Bertz CT molecular complexity index is 310. The maximum atomic E-state index is 10.8. The highest BCUT2D eigenvalue weighted by Gasteiger charge is 2.18. The van der Waals surface area contributed by atoms with Crippen molar-refractivity contribution >= 4 is 11.7 Å². The monoisotopic (exact) mass is 179 g/mol. The summed E-state index contributed by atoms with van der Waals surface area (Å²) in [5.74, 6) is -1.30. The molecule has 0 heterocycles. The molecule has 0 aliphatic carbocycles. The molecule has 0 aliphatic rings. The lowest BCUT2D eigenvalue weighted by atomic mass is 9.95. The Morgan fingerprint density at radius 3 is 2.62 bits per heavy atom. The van der Waals surface area contributed by atoms with Crippen LogP contribution in [0.1, 0.15) is 24.8 Å². The molecule has 0 bridgehead atoms. The number of benzene rings is 1. The zero-order valence-corrected chi connectivity index (χ0v) is 7.53. The molecule has 3 heteroatoms. The van der Waals surface area contributed by atoms with Crippen LogP contribution in [-0.2, 0) is 4.79 Å². The number of carboxylic acid groups (broad SMARTS) is 1. The first-order chi connectivity index (χ1) is 6.16. The summed E-state index contributed by atoms with van der Waals surface area (Å²) in [4.78, 5) is 10.8. The highest BCUT2D eigenvalue weighted by Crippen LogP contribution is 2.24. The molecule has 3 nitrogen and oxygen atoms in total. The van der Waals surface area contributed by atoms with Gasteiger partial charge in [0.1, 0.15) is 0 Å². The highest BCUT2D eigenvalue weighted by atomic mass is 16.4. The van der Waals surface area contributed by atoms with E-state index >= 15 is 0 Å². The van der Waals surface area contributed by atoms with E-state index in [0.29, 0.717) is 17.7 Å². The van der Waals surface area contributed by atoms with Gasteiger partial charge in [0.2, 0.25) is 0 Å². The fourth-order valence-corrected chi connectivity index (χ4v) is 1.36. The molecule has 1 aromatic rings. The third-order valence-electron chi connectivity index (χ3n) is 2.08. The first kappa shape index (κ1) is 9.58. The van der Waals surface area contributed by atoms with Crippen molar-refractivity contribution in [3.8, 4) is 0 Å². The number of anilines is 1. The Kier molecular flexibility index (Phi) is 2.90. The van der Waals surface area contributed by atoms with Crippen LogP contribution in [-0.4, -0.2) is 11.1 Å². The molecule has 0 spiro atoms. The highest BCUT2D eigenvalue weighted by molar-refractivity contribution is 5.78. The minimum Gasteiger partial charge on any atom is -0.481 e. The maximum absolute atomic E-state index is 10.8. The van der Waals surface area contributed by atoms with Crippen LogP contribution < -0.4 is 5.73 Å². The molecular weight excluding hydrogens is 166 g/mol. The van der Waals surface area contributed by atoms with E-state index in [1.165, 1.54) is 0 Å². The van der Waals surface area contributed by atoms with Gasteiger partial charge in [-0.1, -0.05) is 25.1 Å². The molecule has 1 aromatic carbocycles. The molecule has 0 saturated heterocycles. The van der Waals surface area contributed by atoms with Crippen LogP contribution in [0.4, 0.5) is 5.69 Å². The van der Waals surface area contributed by atoms with E-state index < -0.39 is 11.9 Å². The summed E-state index contributed by atoms with van der Waals surface area (Å²) in [7, 11) is 0. The minimum atomic E-state index is -0.819. The molecular formula is C10H13NO2. The van der Waals surface area contributed by atoms with E-state index in [0.717, 1.165) is 0 Å². The molecule has 0 amide bonds. The Hall–Kier alpha value is -1.51. The van der Waals surface area contributed by atoms with Gasteiger partial charge in [-0.3, -0.25) is 4.79 Å². The maximum Gasteiger partial charge on any atom is 0.311 e. The molecule has 1 atom stereocenters. The average Bonchev–Trinajstić information content (AvgIpc) is 2.09. The van der Waals surface area contributed by atoms with E-state index in [1.54, 1.807) is 24.3 Å².